The predicted molar refractivity (Wildman–Crippen MR) is 73.4 cm³/mol. The molecule has 0 saturated carbocycles. The van der Waals surface area contributed by atoms with Crippen molar-refractivity contribution in [3.05, 3.63) is 23.8 Å². The topological polar surface area (TPSA) is 139 Å². The second-order valence-corrected chi connectivity index (χ2v) is 6.65. The van der Waals surface area contributed by atoms with Crippen LogP contribution < -0.4 is 10.5 Å². The number of aromatic carboxylic acids is 1. The van der Waals surface area contributed by atoms with Crippen molar-refractivity contribution in [1.29, 1.82) is 0 Å². The molecule has 1 aromatic carbocycles. The number of aliphatic hydroxyl groups is 1. The highest BCUT2D eigenvalue weighted by Crippen LogP contribution is 2.21. The zero-order chi connectivity index (χ0) is 15.7. The maximum absolute atomic E-state index is 12.2. The number of carbonyl (C=O) groups is 1. The van der Waals surface area contributed by atoms with Gasteiger partial charge in [0.15, 0.2) is 0 Å². The minimum absolute atomic E-state index is 0.0308. The normalized spacial score (nSPS) is 22.3. The predicted octanol–water partition coefficient (Wildman–Crippen LogP) is -0.603. The van der Waals surface area contributed by atoms with E-state index in [2.05, 4.69) is 4.72 Å². The van der Waals surface area contributed by atoms with Crippen LogP contribution in [0.2, 0.25) is 0 Å². The lowest BCUT2D eigenvalue weighted by atomic mass is 10.1. The van der Waals surface area contributed by atoms with Crippen LogP contribution in [-0.4, -0.2) is 50.0 Å². The largest absolute Gasteiger partial charge is 0.478 e. The number of nitrogen functional groups attached to an aromatic ring is 1. The summed E-state index contributed by atoms with van der Waals surface area (Å²) in [6.07, 6.45) is 0.309. The van der Waals surface area contributed by atoms with Crippen LogP contribution in [-0.2, 0) is 14.8 Å². The van der Waals surface area contributed by atoms with Gasteiger partial charge in [0, 0.05) is 25.3 Å². The van der Waals surface area contributed by atoms with Gasteiger partial charge < -0.3 is 20.7 Å². The van der Waals surface area contributed by atoms with Crippen molar-refractivity contribution < 1.29 is 28.2 Å². The Morgan fingerprint density at radius 3 is 2.76 bits per heavy atom. The smallest absolute Gasteiger partial charge is 0.337 e. The van der Waals surface area contributed by atoms with Crippen LogP contribution >= 0.6 is 0 Å². The number of sulfonamides is 1. The molecule has 1 aliphatic rings. The van der Waals surface area contributed by atoms with Crippen LogP contribution in [0.25, 0.3) is 0 Å². The van der Waals surface area contributed by atoms with E-state index in [1.807, 2.05) is 0 Å². The second-order valence-electron chi connectivity index (χ2n) is 4.91. The quantitative estimate of drug-likeness (QED) is 0.532. The molecule has 8 nitrogen and oxygen atoms in total. The molecule has 0 spiro atoms. The first-order valence-electron chi connectivity index (χ1n) is 6.16. The number of benzene rings is 1. The number of carboxylic acid groups (broad SMARTS) is 1. The van der Waals surface area contributed by atoms with Crippen molar-refractivity contribution in [2.24, 2.45) is 0 Å². The lowest BCUT2D eigenvalue weighted by Gasteiger charge is -2.21. The lowest BCUT2D eigenvalue weighted by Crippen LogP contribution is -2.43. The van der Waals surface area contributed by atoms with Gasteiger partial charge in [0.25, 0.3) is 0 Å². The van der Waals surface area contributed by atoms with Crippen LogP contribution in [0.15, 0.2) is 23.1 Å². The van der Waals surface area contributed by atoms with E-state index >= 15 is 0 Å². The van der Waals surface area contributed by atoms with E-state index in [4.69, 9.17) is 15.6 Å². The number of hydrogen-bond acceptors (Lipinski definition) is 6. The van der Waals surface area contributed by atoms with Gasteiger partial charge in [-0.2, -0.15) is 0 Å². The molecule has 5 N–H and O–H groups in total. The van der Waals surface area contributed by atoms with Crippen LogP contribution in [0.4, 0.5) is 5.69 Å². The summed E-state index contributed by atoms with van der Waals surface area (Å²) in [5, 5.41) is 19.1. The summed E-state index contributed by atoms with van der Waals surface area (Å²) in [7, 11) is -4.08. The van der Waals surface area contributed by atoms with Gasteiger partial charge in [0.2, 0.25) is 10.0 Å². The first kappa shape index (κ1) is 15.7. The number of rotatable bonds is 5. The number of ether oxygens (including phenoxy) is 1. The summed E-state index contributed by atoms with van der Waals surface area (Å²) in [5.74, 6) is -1.40. The van der Waals surface area contributed by atoms with E-state index in [0.29, 0.717) is 13.0 Å². The molecule has 2 rings (SSSR count). The molecule has 21 heavy (non-hydrogen) atoms. The van der Waals surface area contributed by atoms with E-state index in [1.165, 1.54) is 6.07 Å². The fourth-order valence-corrected chi connectivity index (χ4v) is 3.29. The molecule has 1 saturated heterocycles. The molecular formula is C12H16N2O6S. The molecule has 1 unspecified atom stereocenters. The molecule has 9 heteroatoms. The molecule has 1 atom stereocenters. The Balaban J connectivity index is 2.25. The van der Waals surface area contributed by atoms with Crippen molar-refractivity contribution in [1.82, 2.24) is 4.72 Å². The van der Waals surface area contributed by atoms with Gasteiger partial charge in [-0.05, 0) is 18.2 Å². The third-order valence-electron chi connectivity index (χ3n) is 3.20. The van der Waals surface area contributed by atoms with Crippen molar-refractivity contribution in [3.63, 3.8) is 0 Å². The van der Waals surface area contributed by atoms with Gasteiger partial charge in [-0.25, -0.2) is 17.9 Å². The maximum Gasteiger partial charge on any atom is 0.337 e. The van der Waals surface area contributed by atoms with Crippen molar-refractivity contribution >= 4 is 21.7 Å². The van der Waals surface area contributed by atoms with E-state index in [0.717, 1.165) is 12.1 Å². The number of carboxylic acids is 1. The first-order valence-corrected chi connectivity index (χ1v) is 7.64. The minimum Gasteiger partial charge on any atom is -0.478 e. The highest BCUT2D eigenvalue weighted by atomic mass is 32.2. The Hall–Kier alpha value is -1.68. The molecule has 0 radical (unpaired) electrons. The number of anilines is 1. The number of nitrogens with two attached hydrogens (primary N) is 1. The monoisotopic (exact) mass is 316 g/mol. The zero-order valence-corrected chi connectivity index (χ0v) is 11.9. The Labute approximate surface area is 121 Å². The van der Waals surface area contributed by atoms with Gasteiger partial charge in [0.05, 0.1) is 17.1 Å². The summed E-state index contributed by atoms with van der Waals surface area (Å²) < 4.78 is 31.6. The number of nitrogens with one attached hydrogen (secondary N) is 1. The molecular weight excluding hydrogens is 300 g/mol. The van der Waals surface area contributed by atoms with E-state index in [-0.39, 0.29) is 18.8 Å². The van der Waals surface area contributed by atoms with Crippen LogP contribution in [0.5, 0.6) is 0 Å². The van der Waals surface area contributed by atoms with Gasteiger partial charge in [-0.1, -0.05) is 0 Å². The first-order chi connectivity index (χ1) is 9.73. The van der Waals surface area contributed by atoms with Crippen LogP contribution in [0.3, 0.4) is 0 Å². The zero-order valence-electron chi connectivity index (χ0n) is 11.1. The Morgan fingerprint density at radius 2 is 2.19 bits per heavy atom. The fourth-order valence-electron chi connectivity index (χ4n) is 1.99. The van der Waals surface area contributed by atoms with Gasteiger partial charge in [-0.3, -0.25) is 0 Å². The average molecular weight is 316 g/mol. The standard InChI is InChI=1S/C12H16N2O6S/c13-8-1-2-10(9(5-8)11(15)16)21(18,19)14-6-12(17)3-4-20-7-12/h1-2,5,14,17H,3-4,6-7,13H2,(H,15,16). The van der Waals surface area contributed by atoms with Crippen molar-refractivity contribution in [2.75, 3.05) is 25.5 Å². The molecule has 1 aromatic rings. The summed E-state index contributed by atoms with van der Waals surface area (Å²) >= 11 is 0. The molecule has 0 bridgehead atoms. The van der Waals surface area contributed by atoms with Crippen LogP contribution in [0, 0.1) is 0 Å². The molecule has 116 valence electrons. The molecule has 1 aliphatic heterocycles. The Morgan fingerprint density at radius 1 is 1.48 bits per heavy atom. The molecule has 0 amide bonds. The highest BCUT2D eigenvalue weighted by Gasteiger charge is 2.34. The van der Waals surface area contributed by atoms with E-state index in [9.17, 15) is 18.3 Å². The average Bonchev–Trinajstić information content (AvgIpc) is 2.84. The third kappa shape index (κ3) is 3.50. The fraction of sp³-hybridized carbons (Fsp3) is 0.417. The lowest BCUT2D eigenvalue weighted by molar-refractivity contribution is 0.0314. The van der Waals surface area contributed by atoms with Crippen molar-refractivity contribution in [3.8, 4) is 0 Å². The van der Waals surface area contributed by atoms with Crippen molar-refractivity contribution in [2.45, 2.75) is 16.9 Å². The Bertz CT molecular complexity index is 652. The number of hydrogen-bond donors (Lipinski definition) is 4. The van der Waals surface area contributed by atoms with E-state index in [1.54, 1.807) is 0 Å². The summed E-state index contributed by atoms with van der Waals surface area (Å²) in [5.41, 5.74) is 3.92. The SMILES string of the molecule is Nc1ccc(S(=O)(=O)NCC2(O)CCOC2)c(C(=O)O)c1. The molecule has 1 heterocycles. The minimum atomic E-state index is -4.08. The molecule has 0 aliphatic carbocycles. The Kier molecular flexibility index (Phi) is 4.19. The summed E-state index contributed by atoms with van der Waals surface area (Å²) in [4.78, 5) is 10.7. The van der Waals surface area contributed by atoms with E-state index < -0.39 is 32.1 Å². The summed E-state index contributed by atoms with van der Waals surface area (Å²) in [6, 6.07) is 3.50. The van der Waals surface area contributed by atoms with Crippen LogP contribution in [0.1, 0.15) is 16.8 Å². The van der Waals surface area contributed by atoms with Gasteiger partial charge >= 0.3 is 5.97 Å². The third-order valence-corrected chi connectivity index (χ3v) is 4.66. The molecule has 0 aromatic heterocycles. The maximum atomic E-state index is 12.2. The van der Waals surface area contributed by atoms with Gasteiger partial charge in [0.1, 0.15) is 5.60 Å². The molecule has 1 fully saturated rings. The second kappa shape index (κ2) is 5.60. The highest BCUT2D eigenvalue weighted by molar-refractivity contribution is 7.89. The summed E-state index contributed by atoms with van der Waals surface area (Å²) in [6.45, 7) is 0.127. The van der Waals surface area contributed by atoms with Gasteiger partial charge in [-0.15, -0.1) is 0 Å².